The van der Waals surface area contributed by atoms with Gasteiger partial charge >= 0.3 is 0 Å². The first-order chi connectivity index (χ1) is 9.97. The van der Waals surface area contributed by atoms with Gasteiger partial charge in [-0.25, -0.2) is 0 Å². The molecule has 0 spiro atoms. The number of carbonyl (C=O) groups is 1. The Morgan fingerprint density at radius 2 is 2.24 bits per heavy atom. The van der Waals surface area contributed by atoms with Crippen molar-refractivity contribution in [2.24, 2.45) is 17.3 Å². The third kappa shape index (κ3) is 3.15. The molecule has 1 saturated heterocycles. The molecule has 1 aliphatic heterocycles. The van der Waals surface area contributed by atoms with Crippen molar-refractivity contribution >= 4 is 5.91 Å². The van der Waals surface area contributed by atoms with Gasteiger partial charge in [0.25, 0.3) is 0 Å². The third-order valence-corrected chi connectivity index (χ3v) is 4.64. The van der Waals surface area contributed by atoms with E-state index in [1.54, 1.807) is 6.26 Å². The van der Waals surface area contributed by atoms with Crippen molar-refractivity contribution in [1.29, 1.82) is 0 Å². The smallest absolute Gasteiger partial charge is 0.223 e. The van der Waals surface area contributed by atoms with Gasteiger partial charge in [0.1, 0.15) is 5.76 Å². The molecule has 1 aromatic heterocycles. The average Bonchev–Trinajstić information content (AvgIpc) is 2.88. The summed E-state index contributed by atoms with van der Waals surface area (Å²) in [6.45, 7) is 8.13. The van der Waals surface area contributed by atoms with Crippen LogP contribution in [0.4, 0.5) is 0 Å². The van der Waals surface area contributed by atoms with Crippen LogP contribution in [0, 0.1) is 17.3 Å². The van der Waals surface area contributed by atoms with Crippen LogP contribution in [0.25, 0.3) is 0 Å². The molecular weight excluding hydrogens is 266 g/mol. The van der Waals surface area contributed by atoms with E-state index in [0.717, 1.165) is 31.8 Å². The topological polar surface area (TPSA) is 51.5 Å². The predicted octanol–water partition coefficient (Wildman–Crippen LogP) is 2.95. The van der Waals surface area contributed by atoms with Crippen molar-refractivity contribution in [2.75, 3.05) is 13.2 Å². The fraction of sp³-hybridized carbons (Fsp3) is 0.706. The molecule has 0 bridgehead atoms. The summed E-state index contributed by atoms with van der Waals surface area (Å²) in [4.78, 5) is 12.2. The molecule has 4 nitrogen and oxygen atoms in total. The molecule has 21 heavy (non-hydrogen) atoms. The maximum absolute atomic E-state index is 12.2. The Morgan fingerprint density at radius 3 is 2.90 bits per heavy atom. The molecule has 2 aliphatic rings. The molecule has 0 radical (unpaired) electrons. The number of hydrogen-bond donors (Lipinski definition) is 1. The van der Waals surface area contributed by atoms with Crippen LogP contribution in [0.2, 0.25) is 0 Å². The van der Waals surface area contributed by atoms with Crippen molar-refractivity contribution in [2.45, 2.75) is 45.6 Å². The van der Waals surface area contributed by atoms with Crippen LogP contribution >= 0.6 is 0 Å². The minimum absolute atomic E-state index is 0.0894. The molecular formula is C17H25NO3. The van der Waals surface area contributed by atoms with Crippen LogP contribution in [0.3, 0.4) is 0 Å². The Morgan fingerprint density at radius 1 is 1.43 bits per heavy atom. The fourth-order valence-corrected chi connectivity index (χ4v) is 3.46. The lowest BCUT2D eigenvalue weighted by molar-refractivity contribution is -0.122. The Hall–Kier alpha value is -1.29. The van der Waals surface area contributed by atoms with Crippen molar-refractivity contribution < 1.29 is 13.9 Å². The first-order valence-electron chi connectivity index (χ1n) is 7.89. The maximum atomic E-state index is 12.2. The van der Waals surface area contributed by atoms with Gasteiger partial charge in [0.2, 0.25) is 5.91 Å². The molecule has 2 heterocycles. The summed E-state index contributed by atoms with van der Waals surface area (Å²) in [6.07, 6.45) is 3.85. The van der Waals surface area contributed by atoms with E-state index < -0.39 is 0 Å². The lowest BCUT2D eigenvalue weighted by atomic mass is 9.81. The van der Waals surface area contributed by atoms with Gasteiger partial charge in [0.15, 0.2) is 0 Å². The summed E-state index contributed by atoms with van der Waals surface area (Å²) in [6, 6.07) is 3.84. The minimum atomic E-state index is 0.0894. The Labute approximate surface area is 126 Å². The van der Waals surface area contributed by atoms with Crippen LogP contribution in [0.15, 0.2) is 22.8 Å². The molecule has 4 atom stereocenters. The van der Waals surface area contributed by atoms with Gasteiger partial charge in [-0.2, -0.15) is 0 Å². The zero-order chi connectivity index (χ0) is 15.0. The lowest BCUT2D eigenvalue weighted by Gasteiger charge is -2.31. The highest BCUT2D eigenvalue weighted by molar-refractivity contribution is 5.82. The van der Waals surface area contributed by atoms with Crippen LogP contribution in [0.5, 0.6) is 0 Å². The highest BCUT2D eigenvalue weighted by Crippen LogP contribution is 2.47. The van der Waals surface area contributed by atoms with Gasteiger partial charge in [-0.05, 0) is 30.4 Å². The maximum Gasteiger partial charge on any atom is 0.223 e. The van der Waals surface area contributed by atoms with E-state index in [0.29, 0.717) is 5.92 Å². The molecule has 1 aromatic rings. The largest absolute Gasteiger partial charge is 0.469 e. The Bertz CT molecular complexity index is 489. The summed E-state index contributed by atoms with van der Waals surface area (Å²) in [5.41, 5.74) is 0.127. The zero-order valence-corrected chi connectivity index (χ0v) is 13.1. The quantitative estimate of drug-likeness (QED) is 0.928. The number of amides is 1. The summed E-state index contributed by atoms with van der Waals surface area (Å²) in [5.74, 6) is 1.89. The van der Waals surface area contributed by atoms with Gasteiger partial charge in [0, 0.05) is 30.9 Å². The van der Waals surface area contributed by atoms with Crippen molar-refractivity contribution in [3.63, 3.8) is 0 Å². The van der Waals surface area contributed by atoms with E-state index in [9.17, 15) is 4.79 Å². The van der Waals surface area contributed by atoms with Gasteiger partial charge in [-0.1, -0.05) is 20.8 Å². The van der Waals surface area contributed by atoms with Crippen molar-refractivity contribution in [3.8, 4) is 0 Å². The third-order valence-electron chi connectivity index (χ3n) is 4.64. The van der Waals surface area contributed by atoms with Crippen LogP contribution in [-0.2, 0) is 9.53 Å². The number of hydrogen-bond acceptors (Lipinski definition) is 3. The monoisotopic (exact) mass is 291 g/mol. The van der Waals surface area contributed by atoms with Crippen molar-refractivity contribution in [1.82, 2.24) is 5.32 Å². The molecule has 1 saturated carbocycles. The zero-order valence-electron chi connectivity index (χ0n) is 13.1. The van der Waals surface area contributed by atoms with Gasteiger partial charge < -0.3 is 14.5 Å². The normalized spacial score (nSPS) is 32.1. The van der Waals surface area contributed by atoms with E-state index in [1.807, 2.05) is 12.1 Å². The number of ether oxygens (including phenoxy) is 1. The molecule has 0 aromatic carbocycles. The first-order valence-corrected chi connectivity index (χ1v) is 7.89. The minimum Gasteiger partial charge on any atom is -0.469 e. The van der Waals surface area contributed by atoms with Crippen LogP contribution < -0.4 is 5.32 Å². The lowest BCUT2D eigenvalue weighted by Crippen LogP contribution is -2.39. The molecule has 4 heteroatoms. The molecule has 2 fully saturated rings. The summed E-state index contributed by atoms with van der Waals surface area (Å²) in [5, 5.41) is 3.12. The van der Waals surface area contributed by atoms with E-state index in [4.69, 9.17) is 9.15 Å². The molecule has 1 amide bonds. The number of rotatable bonds is 4. The molecule has 1 N–H and O–H groups in total. The fourth-order valence-electron chi connectivity index (χ4n) is 3.46. The second-order valence-corrected chi connectivity index (χ2v) is 7.42. The van der Waals surface area contributed by atoms with Crippen molar-refractivity contribution in [3.05, 3.63) is 24.2 Å². The van der Waals surface area contributed by atoms with Crippen LogP contribution in [0.1, 0.15) is 45.3 Å². The van der Waals surface area contributed by atoms with Crippen LogP contribution in [-0.4, -0.2) is 25.2 Å². The van der Waals surface area contributed by atoms with Gasteiger partial charge in [-0.3, -0.25) is 4.79 Å². The predicted molar refractivity (Wildman–Crippen MR) is 79.9 cm³/mol. The summed E-state index contributed by atoms with van der Waals surface area (Å²) in [7, 11) is 0. The Balaban J connectivity index is 1.49. The molecule has 1 aliphatic carbocycles. The Kier molecular flexibility index (Phi) is 3.82. The van der Waals surface area contributed by atoms with E-state index in [-0.39, 0.29) is 29.3 Å². The second-order valence-electron chi connectivity index (χ2n) is 7.42. The highest BCUT2D eigenvalue weighted by Gasteiger charge is 2.46. The van der Waals surface area contributed by atoms with E-state index >= 15 is 0 Å². The number of nitrogens with one attached hydrogen (secondary N) is 1. The SMILES string of the molecule is CC(C)(C)[C@H]1OCC[C@@H]1CNC(=O)C1CC1c1ccco1. The number of furan rings is 1. The van der Waals surface area contributed by atoms with Gasteiger partial charge in [-0.15, -0.1) is 0 Å². The van der Waals surface area contributed by atoms with Gasteiger partial charge in [0.05, 0.1) is 12.4 Å². The summed E-state index contributed by atoms with van der Waals surface area (Å²) >= 11 is 0. The van der Waals surface area contributed by atoms with E-state index in [2.05, 4.69) is 26.1 Å². The molecule has 3 rings (SSSR count). The highest BCUT2D eigenvalue weighted by atomic mass is 16.5. The average molecular weight is 291 g/mol. The second kappa shape index (κ2) is 5.48. The van der Waals surface area contributed by atoms with E-state index in [1.165, 1.54) is 0 Å². The molecule has 116 valence electrons. The first kappa shape index (κ1) is 14.6. The molecule has 2 unspecified atom stereocenters. The standard InChI is InChI=1S/C17H25NO3/c1-17(2,3)15-11(6-8-21-15)10-18-16(19)13-9-12(13)14-5-4-7-20-14/h4-5,7,11-13,15H,6,8-10H2,1-3H3,(H,18,19)/t11-,12?,13?,15+/m1/s1. The number of carbonyl (C=O) groups excluding carboxylic acids is 1. The summed E-state index contributed by atoms with van der Waals surface area (Å²) < 4.78 is 11.2.